The van der Waals surface area contributed by atoms with Gasteiger partial charge >= 0.3 is 6.18 Å². The van der Waals surface area contributed by atoms with Crippen LogP contribution in [0.5, 0.6) is 5.88 Å². The Labute approximate surface area is 197 Å². The highest BCUT2D eigenvalue weighted by Gasteiger charge is 2.43. The average Bonchev–Trinajstić information content (AvgIpc) is 2.72. The number of rotatable bonds is 7. The molecule has 2 heterocycles. The van der Waals surface area contributed by atoms with Crippen molar-refractivity contribution in [2.45, 2.75) is 36.7 Å². The lowest BCUT2D eigenvalue weighted by atomic mass is 9.82. The Bertz CT molecular complexity index is 1090. The highest BCUT2D eigenvalue weighted by molar-refractivity contribution is 8.15. The van der Waals surface area contributed by atoms with Crippen LogP contribution < -0.4 is 10.5 Å². The van der Waals surface area contributed by atoms with Crippen LogP contribution in [-0.4, -0.2) is 46.4 Å². The van der Waals surface area contributed by atoms with E-state index in [1.807, 2.05) is 6.92 Å². The zero-order chi connectivity index (χ0) is 25.1. The molecule has 3 rings (SSSR count). The first-order valence-electron chi connectivity index (χ1n) is 10.0. The van der Waals surface area contributed by atoms with Crippen molar-refractivity contribution >= 4 is 28.8 Å². The Morgan fingerprint density at radius 2 is 1.97 bits per heavy atom. The summed E-state index contributed by atoms with van der Waals surface area (Å²) in [6.45, 7) is 2.54. The number of aromatic nitrogens is 2. The molecule has 0 unspecified atom stereocenters. The molecule has 34 heavy (non-hydrogen) atoms. The van der Waals surface area contributed by atoms with Gasteiger partial charge in [-0.05, 0) is 44.0 Å². The molecule has 2 atom stereocenters. The van der Waals surface area contributed by atoms with Gasteiger partial charge in [0, 0.05) is 17.4 Å². The zero-order valence-electron chi connectivity index (χ0n) is 18.6. The van der Waals surface area contributed by atoms with Crippen LogP contribution in [0.15, 0.2) is 35.6 Å². The highest BCUT2D eigenvalue weighted by atomic mass is 32.2. The molecular weight excluding hydrogens is 479 g/mol. The molecule has 6 nitrogen and oxygen atoms in total. The smallest absolute Gasteiger partial charge is 0.422 e. The third-order valence-corrected chi connectivity index (χ3v) is 6.05. The van der Waals surface area contributed by atoms with Crippen molar-refractivity contribution in [3.63, 3.8) is 0 Å². The third-order valence-electron chi connectivity index (χ3n) is 5.00. The lowest BCUT2D eigenvalue weighted by Crippen LogP contribution is -2.43. The van der Waals surface area contributed by atoms with Gasteiger partial charge in [0.1, 0.15) is 11.5 Å². The molecule has 184 valence electrons. The number of benzene rings is 1. The van der Waals surface area contributed by atoms with Gasteiger partial charge in [0.25, 0.3) is 0 Å². The van der Waals surface area contributed by atoms with Gasteiger partial charge in [0.15, 0.2) is 17.6 Å². The van der Waals surface area contributed by atoms with Gasteiger partial charge in [0.05, 0.1) is 24.5 Å². The van der Waals surface area contributed by atoms with E-state index < -0.39 is 40.6 Å². The van der Waals surface area contributed by atoms with Gasteiger partial charge in [0.2, 0.25) is 5.88 Å². The number of aliphatic imine (C=N–C) groups is 1. The van der Waals surface area contributed by atoms with E-state index in [0.717, 1.165) is 18.5 Å². The van der Waals surface area contributed by atoms with E-state index in [4.69, 9.17) is 10.5 Å². The summed E-state index contributed by atoms with van der Waals surface area (Å²) in [5, 5.41) is 0.294. The molecule has 1 aliphatic heterocycles. The maximum absolute atomic E-state index is 14.8. The largest absolute Gasteiger partial charge is 0.467 e. The minimum Gasteiger partial charge on any atom is -0.467 e. The van der Waals surface area contributed by atoms with Crippen molar-refractivity contribution in [1.82, 2.24) is 9.97 Å². The van der Waals surface area contributed by atoms with Crippen molar-refractivity contribution in [3.8, 4) is 5.88 Å². The molecule has 2 aromatic rings. The summed E-state index contributed by atoms with van der Waals surface area (Å²) in [4.78, 5) is 11.8. The van der Waals surface area contributed by atoms with Crippen LogP contribution in [0.2, 0.25) is 0 Å². The number of methoxy groups -OCH3 is 1. The van der Waals surface area contributed by atoms with Crippen LogP contribution in [-0.2, 0) is 10.3 Å². The van der Waals surface area contributed by atoms with Crippen LogP contribution in [0.25, 0.3) is 11.9 Å². The van der Waals surface area contributed by atoms with E-state index in [9.17, 15) is 22.0 Å². The Hall–Kier alpha value is -2.73. The molecule has 0 radical (unpaired) electrons. The molecule has 0 bridgehead atoms. The summed E-state index contributed by atoms with van der Waals surface area (Å²) in [5.41, 5.74) is 5.37. The number of nitrogens with zero attached hydrogens (tertiary/aromatic N) is 3. The van der Waals surface area contributed by atoms with Crippen LogP contribution in [0.4, 0.5) is 22.0 Å². The van der Waals surface area contributed by atoms with E-state index >= 15 is 0 Å². The van der Waals surface area contributed by atoms with Gasteiger partial charge in [-0.2, -0.15) is 13.2 Å². The Balaban J connectivity index is 1.86. The summed E-state index contributed by atoms with van der Waals surface area (Å²) >= 11 is 1.35. The van der Waals surface area contributed by atoms with Gasteiger partial charge < -0.3 is 15.2 Å². The van der Waals surface area contributed by atoms with Crippen molar-refractivity contribution in [2.24, 2.45) is 10.7 Å². The van der Waals surface area contributed by atoms with Crippen LogP contribution in [0.3, 0.4) is 0 Å². The molecule has 0 saturated carbocycles. The summed E-state index contributed by atoms with van der Waals surface area (Å²) in [5.74, 6) is -1.73. The van der Waals surface area contributed by atoms with Gasteiger partial charge in [-0.15, -0.1) is 0 Å². The SMILES string of the molecule is COC[C@@]1(C)C[C@@](C)(c2cc(/C=C(\F)c3cnc(OCC(F)(F)F)cn3)ccc2F)N=C(N)S1. The predicted octanol–water partition coefficient (Wildman–Crippen LogP) is 5.10. The molecule has 0 fully saturated rings. The highest BCUT2D eigenvalue weighted by Crippen LogP contribution is 2.46. The van der Waals surface area contributed by atoms with E-state index in [1.165, 1.54) is 30.0 Å². The standard InChI is InChI=1S/C22H23F5N4O2S/c1-20(11-32-3)10-21(2,31-19(28)34-20)14-6-13(4-5-15(14)23)7-16(24)17-8-30-18(9-29-17)33-12-22(25,26)27/h4-9H,10-12H2,1-3H3,(H2,28,31)/b16-7-/t20-,21+/m1/s1. The average molecular weight is 503 g/mol. The molecule has 1 aliphatic rings. The molecule has 0 spiro atoms. The summed E-state index contributed by atoms with van der Waals surface area (Å²) in [6, 6.07) is 4.07. The molecule has 1 aromatic carbocycles. The maximum Gasteiger partial charge on any atom is 0.422 e. The van der Waals surface area contributed by atoms with Crippen molar-refractivity contribution < 1.29 is 31.4 Å². The zero-order valence-corrected chi connectivity index (χ0v) is 19.4. The van der Waals surface area contributed by atoms with Crippen molar-refractivity contribution in [2.75, 3.05) is 20.3 Å². The summed E-state index contributed by atoms with van der Waals surface area (Å²) < 4.78 is 75.6. The Morgan fingerprint density at radius 1 is 1.24 bits per heavy atom. The summed E-state index contributed by atoms with van der Waals surface area (Å²) in [6.07, 6.45) is -1.15. The van der Waals surface area contributed by atoms with Crippen LogP contribution in [0, 0.1) is 5.82 Å². The van der Waals surface area contributed by atoms with E-state index in [-0.39, 0.29) is 11.3 Å². The molecule has 2 N–H and O–H groups in total. The minimum atomic E-state index is -4.53. The fraction of sp³-hybridized carbons (Fsp3) is 0.409. The first-order chi connectivity index (χ1) is 15.8. The van der Waals surface area contributed by atoms with Crippen molar-refractivity contribution in [3.05, 3.63) is 53.2 Å². The normalized spacial score (nSPS) is 23.5. The maximum atomic E-state index is 14.8. The number of nitrogens with two attached hydrogens (primary N) is 1. The lowest BCUT2D eigenvalue weighted by Gasteiger charge is -2.41. The number of thioether (sulfide) groups is 1. The van der Waals surface area contributed by atoms with Gasteiger partial charge in [-0.25, -0.2) is 18.7 Å². The topological polar surface area (TPSA) is 82.6 Å². The molecule has 0 saturated heterocycles. The number of hydrogen-bond acceptors (Lipinski definition) is 7. The fourth-order valence-corrected chi connectivity index (χ4v) is 5.08. The van der Waals surface area contributed by atoms with Gasteiger partial charge in [-0.3, -0.25) is 4.99 Å². The van der Waals surface area contributed by atoms with Crippen LogP contribution in [0.1, 0.15) is 37.1 Å². The molecular formula is C22H23F5N4O2S. The molecule has 0 aliphatic carbocycles. The van der Waals surface area contributed by atoms with E-state index in [0.29, 0.717) is 23.8 Å². The first kappa shape index (κ1) is 25.9. The van der Waals surface area contributed by atoms with Gasteiger partial charge in [-0.1, -0.05) is 17.8 Å². The Morgan fingerprint density at radius 3 is 2.59 bits per heavy atom. The molecule has 12 heteroatoms. The second kappa shape index (κ2) is 9.87. The third kappa shape index (κ3) is 6.44. The number of hydrogen-bond donors (Lipinski definition) is 1. The lowest BCUT2D eigenvalue weighted by molar-refractivity contribution is -0.154. The second-order valence-corrected chi connectivity index (χ2v) is 9.87. The quantitative estimate of drug-likeness (QED) is 0.531. The predicted molar refractivity (Wildman–Crippen MR) is 120 cm³/mol. The van der Waals surface area contributed by atoms with Crippen LogP contribution >= 0.6 is 11.8 Å². The second-order valence-electron chi connectivity index (χ2n) is 8.26. The number of amidine groups is 1. The minimum absolute atomic E-state index is 0.222. The summed E-state index contributed by atoms with van der Waals surface area (Å²) in [7, 11) is 1.57. The van der Waals surface area contributed by atoms with E-state index in [1.54, 1.807) is 14.0 Å². The number of alkyl halides is 3. The van der Waals surface area contributed by atoms with E-state index in [2.05, 4.69) is 19.7 Å². The number of ether oxygens (including phenoxy) is 2. The first-order valence-corrected chi connectivity index (χ1v) is 10.9. The fourth-order valence-electron chi connectivity index (χ4n) is 3.80. The monoisotopic (exact) mass is 502 g/mol. The molecule has 1 aromatic heterocycles. The number of halogens is 5. The van der Waals surface area contributed by atoms with Crippen molar-refractivity contribution in [1.29, 1.82) is 0 Å². The Kier molecular flexibility index (Phi) is 7.51. The molecule has 0 amide bonds.